The molecule has 140 valence electrons. The summed E-state index contributed by atoms with van der Waals surface area (Å²) in [6.07, 6.45) is 3.67. The van der Waals surface area contributed by atoms with Crippen molar-refractivity contribution in [3.8, 4) is 0 Å². The van der Waals surface area contributed by atoms with Gasteiger partial charge in [-0.25, -0.2) is 8.42 Å². The molecule has 6 nitrogen and oxygen atoms in total. The molecule has 0 radical (unpaired) electrons. The van der Waals surface area contributed by atoms with E-state index in [4.69, 9.17) is 0 Å². The lowest BCUT2D eigenvalue weighted by molar-refractivity contribution is -0.896. The number of nitrogens with one attached hydrogen (secondary N) is 2. The van der Waals surface area contributed by atoms with Crippen molar-refractivity contribution in [3.63, 3.8) is 0 Å². The van der Waals surface area contributed by atoms with Crippen LogP contribution in [0.4, 0.5) is 0 Å². The Balaban J connectivity index is 1.88. The first-order chi connectivity index (χ1) is 12.0. The summed E-state index contributed by atoms with van der Waals surface area (Å²) in [7, 11) is -3.43. The minimum atomic E-state index is -3.43. The largest absolute Gasteiger partial charge is 0.347 e. The molecule has 1 aromatic rings. The number of rotatable bonds is 8. The quantitative estimate of drug-likeness (QED) is 0.698. The van der Waals surface area contributed by atoms with Crippen molar-refractivity contribution in [3.05, 3.63) is 29.8 Å². The first kappa shape index (κ1) is 19.9. The van der Waals surface area contributed by atoms with Crippen LogP contribution in [0.25, 0.3) is 0 Å². The summed E-state index contributed by atoms with van der Waals surface area (Å²) in [5.74, 6) is 0.0525. The molecular weight excluding hydrogens is 338 g/mol. The van der Waals surface area contributed by atoms with Gasteiger partial charge in [-0.15, -0.1) is 0 Å². The van der Waals surface area contributed by atoms with Crippen LogP contribution < -0.4 is 10.2 Å². The molecule has 0 bridgehead atoms. The van der Waals surface area contributed by atoms with E-state index in [1.807, 2.05) is 13.8 Å². The second kappa shape index (κ2) is 9.31. The summed E-state index contributed by atoms with van der Waals surface area (Å²) in [5, 5.41) is 2.93. The molecule has 0 spiro atoms. The number of hydrogen-bond donors (Lipinski definition) is 2. The van der Waals surface area contributed by atoms with Gasteiger partial charge in [0.25, 0.3) is 5.91 Å². The zero-order valence-electron chi connectivity index (χ0n) is 15.3. The fourth-order valence-corrected chi connectivity index (χ4v) is 4.67. The standard InChI is InChI=1S/C18H29N3O3S/c1-3-21(4-2)25(23,24)17-10-8-16(9-11-17)14-19-18(22)15-20-12-6-5-7-13-20/h8-11H,3-7,12-15H2,1-2H3,(H,19,22)/p+1. The van der Waals surface area contributed by atoms with E-state index < -0.39 is 10.0 Å². The highest BCUT2D eigenvalue weighted by atomic mass is 32.2. The van der Waals surface area contributed by atoms with E-state index in [0.29, 0.717) is 31.1 Å². The number of sulfonamides is 1. The van der Waals surface area contributed by atoms with Gasteiger partial charge >= 0.3 is 0 Å². The number of likely N-dealkylation sites (tertiary alicyclic amines) is 1. The van der Waals surface area contributed by atoms with Gasteiger partial charge in [0.15, 0.2) is 6.54 Å². The molecule has 1 amide bonds. The number of carbonyl (C=O) groups excluding carboxylic acids is 1. The van der Waals surface area contributed by atoms with Crippen LogP contribution in [-0.4, -0.2) is 51.4 Å². The zero-order valence-corrected chi connectivity index (χ0v) is 16.1. The number of amides is 1. The molecule has 7 heteroatoms. The zero-order chi connectivity index (χ0) is 18.3. The van der Waals surface area contributed by atoms with Gasteiger partial charge in [-0.1, -0.05) is 26.0 Å². The van der Waals surface area contributed by atoms with Crippen LogP contribution in [0.15, 0.2) is 29.2 Å². The van der Waals surface area contributed by atoms with E-state index in [1.54, 1.807) is 24.3 Å². The number of piperidine rings is 1. The predicted molar refractivity (Wildman–Crippen MR) is 97.8 cm³/mol. The van der Waals surface area contributed by atoms with Crippen molar-refractivity contribution in [1.29, 1.82) is 0 Å². The van der Waals surface area contributed by atoms with E-state index in [-0.39, 0.29) is 5.91 Å². The Hall–Kier alpha value is -1.44. The number of nitrogens with zero attached hydrogens (tertiary/aromatic N) is 1. The van der Waals surface area contributed by atoms with Gasteiger partial charge in [0.2, 0.25) is 10.0 Å². The summed E-state index contributed by atoms with van der Waals surface area (Å²) in [5.41, 5.74) is 0.903. The topological polar surface area (TPSA) is 70.9 Å². The molecule has 25 heavy (non-hydrogen) atoms. The number of hydrogen-bond acceptors (Lipinski definition) is 3. The summed E-state index contributed by atoms with van der Waals surface area (Å²) in [6.45, 7) is 7.66. The van der Waals surface area contributed by atoms with Crippen molar-refractivity contribution >= 4 is 15.9 Å². The van der Waals surface area contributed by atoms with E-state index in [1.165, 1.54) is 28.5 Å². The molecule has 1 fully saturated rings. The Kier molecular flexibility index (Phi) is 7.40. The third-order valence-corrected chi connectivity index (χ3v) is 6.79. The maximum atomic E-state index is 12.4. The molecule has 1 saturated heterocycles. The molecule has 1 aliphatic heterocycles. The van der Waals surface area contributed by atoms with Gasteiger partial charge in [0.05, 0.1) is 18.0 Å². The summed E-state index contributed by atoms with van der Waals surface area (Å²) < 4.78 is 26.3. The lowest BCUT2D eigenvalue weighted by atomic mass is 10.1. The SMILES string of the molecule is CCN(CC)S(=O)(=O)c1ccc(CNC(=O)C[NH+]2CCCCC2)cc1. The highest BCUT2D eigenvalue weighted by Crippen LogP contribution is 2.16. The molecule has 0 saturated carbocycles. The lowest BCUT2D eigenvalue weighted by Crippen LogP contribution is -3.13. The highest BCUT2D eigenvalue weighted by Gasteiger charge is 2.21. The molecule has 0 unspecified atom stereocenters. The molecule has 1 aliphatic rings. The highest BCUT2D eigenvalue weighted by molar-refractivity contribution is 7.89. The van der Waals surface area contributed by atoms with E-state index >= 15 is 0 Å². The van der Waals surface area contributed by atoms with Crippen LogP contribution in [0, 0.1) is 0 Å². The van der Waals surface area contributed by atoms with Crippen molar-refractivity contribution in [2.24, 2.45) is 0 Å². The van der Waals surface area contributed by atoms with Crippen molar-refractivity contribution in [2.45, 2.75) is 44.6 Å². The first-order valence-corrected chi connectivity index (χ1v) is 10.6. The van der Waals surface area contributed by atoms with Crippen LogP contribution in [0.1, 0.15) is 38.7 Å². The maximum absolute atomic E-state index is 12.4. The average Bonchev–Trinajstić information content (AvgIpc) is 2.62. The van der Waals surface area contributed by atoms with Gasteiger partial charge in [0.1, 0.15) is 0 Å². The van der Waals surface area contributed by atoms with Crippen LogP contribution in [0.5, 0.6) is 0 Å². The van der Waals surface area contributed by atoms with Gasteiger partial charge in [-0.2, -0.15) is 4.31 Å². The predicted octanol–water partition coefficient (Wildman–Crippen LogP) is 0.402. The third-order valence-electron chi connectivity index (χ3n) is 4.73. The number of carbonyl (C=O) groups is 1. The summed E-state index contributed by atoms with van der Waals surface area (Å²) in [4.78, 5) is 13.7. The molecule has 1 aromatic carbocycles. The lowest BCUT2D eigenvalue weighted by Gasteiger charge is -2.22. The van der Waals surface area contributed by atoms with Crippen molar-refractivity contribution in [2.75, 3.05) is 32.7 Å². The Morgan fingerprint density at radius 3 is 2.24 bits per heavy atom. The van der Waals surface area contributed by atoms with Crippen LogP contribution in [0.3, 0.4) is 0 Å². The Morgan fingerprint density at radius 1 is 1.08 bits per heavy atom. The monoisotopic (exact) mass is 368 g/mol. The van der Waals surface area contributed by atoms with Gasteiger partial charge in [-0.05, 0) is 37.0 Å². The second-order valence-electron chi connectivity index (χ2n) is 6.50. The van der Waals surface area contributed by atoms with Gasteiger partial charge < -0.3 is 10.2 Å². The van der Waals surface area contributed by atoms with Crippen LogP contribution in [-0.2, 0) is 21.4 Å². The van der Waals surface area contributed by atoms with E-state index in [0.717, 1.165) is 18.7 Å². The number of quaternary nitrogens is 1. The van der Waals surface area contributed by atoms with Crippen molar-refractivity contribution in [1.82, 2.24) is 9.62 Å². The molecule has 0 atom stereocenters. The molecule has 0 aliphatic carbocycles. The maximum Gasteiger partial charge on any atom is 0.275 e. The molecule has 2 N–H and O–H groups in total. The normalized spacial score (nSPS) is 16.1. The van der Waals surface area contributed by atoms with E-state index in [2.05, 4.69) is 5.32 Å². The fourth-order valence-electron chi connectivity index (χ4n) is 3.21. The Labute approximate surface area is 151 Å². The molecule has 2 rings (SSSR count). The summed E-state index contributed by atoms with van der Waals surface area (Å²) >= 11 is 0. The van der Waals surface area contributed by atoms with Crippen LogP contribution in [0.2, 0.25) is 0 Å². The summed E-state index contributed by atoms with van der Waals surface area (Å²) in [6, 6.07) is 6.77. The first-order valence-electron chi connectivity index (χ1n) is 9.16. The second-order valence-corrected chi connectivity index (χ2v) is 8.44. The van der Waals surface area contributed by atoms with Gasteiger partial charge in [-0.3, -0.25) is 4.79 Å². The minimum Gasteiger partial charge on any atom is -0.347 e. The van der Waals surface area contributed by atoms with E-state index in [9.17, 15) is 13.2 Å². The average molecular weight is 369 g/mol. The van der Waals surface area contributed by atoms with Crippen LogP contribution >= 0.6 is 0 Å². The van der Waals surface area contributed by atoms with Crippen molar-refractivity contribution < 1.29 is 18.1 Å². The third kappa shape index (κ3) is 5.52. The smallest absolute Gasteiger partial charge is 0.275 e. The number of benzene rings is 1. The van der Waals surface area contributed by atoms with Gasteiger partial charge in [0, 0.05) is 19.6 Å². The Bertz CT molecular complexity index is 649. The minimum absolute atomic E-state index is 0.0525. The molecule has 1 heterocycles. The molecule has 0 aromatic heterocycles. The molecular formula is C18H30N3O3S+. The Morgan fingerprint density at radius 2 is 1.68 bits per heavy atom. The fraction of sp³-hybridized carbons (Fsp3) is 0.611.